The summed E-state index contributed by atoms with van der Waals surface area (Å²) < 4.78 is 7.26. The molecule has 1 atom stereocenters. The molecule has 1 aromatic heterocycles. The number of pyridine rings is 1. The normalized spacial score (nSPS) is 12.9. The van der Waals surface area contributed by atoms with Crippen LogP contribution in [-0.4, -0.2) is 17.2 Å². The van der Waals surface area contributed by atoms with Crippen molar-refractivity contribution in [3.8, 4) is 5.75 Å². The van der Waals surface area contributed by atoms with Gasteiger partial charge in [0.2, 0.25) is 5.43 Å². The van der Waals surface area contributed by atoms with Gasteiger partial charge in [0, 0.05) is 24.3 Å². The van der Waals surface area contributed by atoms with Gasteiger partial charge in [0.05, 0.1) is 6.20 Å². The van der Waals surface area contributed by atoms with Gasteiger partial charge in [0.1, 0.15) is 6.61 Å². The van der Waals surface area contributed by atoms with Crippen LogP contribution in [0.25, 0.3) is 0 Å². The average molecular weight is 210 g/mol. The van der Waals surface area contributed by atoms with Crippen molar-refractivity contribution in [3.63, 3.8) is 0 Å². The Balaban J connectivity index is 2.86. The molecule has 0 aliphatic carbocycles. The summed E-state index contributed by atoms with van der Waals surface area (Å²) in [4.78, 5) is 11.4. The maximum absolute atomic E-state index is 11.4. The smallest absolute Gasteiger partial charge is 0.223 e. The molecule has 0 spiro atoms. The quantitative estimate of drug-likeness (QED) is 0.811. The van der Waals surface area contributed by atoms with Crippen LogP contribution in [0.1, 0.15) is 26.8 Å². The number of hydrogen-bond donors (Lipinski definition) is 1. The molecular formula is C11H18N2O2. The minimum absolute atomic E-state index is 0.0721. The summed E-state index contributed by atoms with van der Waals surface area (Å²) in [7, 11) is 0. The maximum atomic E-state index is 11.4. The molecule has 0 aromatic carbocycles. The van der Waals surface area contributed by atoms with E-state index in [1.807, 2.05) is 25.3 Å². The number of hydrogen-bond acceptors (Lipinski definition) is 3. The first kappa shape index (κ1) is 11.8. The molecule has 1 rings (SSSR count). The van der Waals surface area contributed by atoms with Crippen LogP contribution in [0, 0.1) is 0 Å². The Kier molecular flexibility index (Phi) is 3.91. The van der Waals surface area contributed by atoms with Crippen molar-refractivity contribution in [1.82, 2.24) is 4.57 Å². The van der Waals surface area contributed by atoms with Crippen molar-refractivity contribution in [3.05, 3.63) is 28.7 Å². The Morgan fingerprint density at radius 2 is 2.13 bits per heavy atom. The molecule has 15 heavy (non-hydrogen) atoms. The number of aromatic nitrogens is 1. The third-order valence-corrected chi connectivity index (χ3v) is 2.01. The first-order valence-electron chi connectivity index (χ1n) is 5.11. The lowest BCUT2D eigenvalue weighted by atomic mass is 10.3. The summed E-state index contributed by atoms with van der Waals surface area (Å²) in [6.07, 6.45) is 3.47. The van der Waals surface area contributed by atoms with Crippen molar-refractivity contribution in [2.24, 2.45) is 5.73 Å². The van der Waals surface area contributed by atoms with Gasteiger partial charge >= 0.3 is 0 Å². The van der Waals surface area contributed by atoms with E-state index in [1.165, 1.54) is 6.07 Å². The minimum Gasteiger partial charge on any atom is -0.486 e. The summed E-state index contributed by atoms with van der Waals surface area (Å²) >= 11 is 0. The second-order valence-electron chi connectivity index (χ2n) is 4.00. The largest absolute Gasteiger partial charge is 0.486 e. The molecule has 1 heterocycles. The molecule has 4 heteroatoms. The Bertz CT molecular complexity index is 369. The monoisotopic (exact) mass is 210 g/mol. The first-order valence-corrected chi connectivity index (χ1v) is 5.11. The molecule has 1 unspecified atom stereocenters. The lowest BCUT2D eigenvalue weighted by molar-refractivity contribution is 0.290. The topological polar surface area (TPSA) is 57.2 Å². The van der Waals surface area contributed by atoms with Crippen LogP contribution in [0.2, 0.25) is 0 Å². The zero-order chi connectivity index (χ0) is 11.4. The highest BCUT2D eigenvalue weighted by Gasteiger charge is 2.04. The van der Waals surface area contributed by atoms with Gasteiger partial charge in [-0.1, -0.05) is 0 Å². The van der Waals surface area contributed by atoms with Gasteiger partial charge in [-0.05, 0) is 20.8 Å². The molecule has 0 radical (unpaired) electrons. The van der Waals surface area contributed by atoms with E-state index >= 15 is 0 Å². The zero-order valence-corrected chi connectivity index (χ0v) is 9.43. The number of nitrogens with two attached hydrogens (primary N) is 1. The predicted octanol–water partition coefficient (Wildman–Crippen LogP) is 1.16. The van der Waals surface area contributed by atoms with Gasteiger partial charge in [-0.2, -0.15) is 0 Å². The molecule has 1 aromatic rings. The van der Waals surface area contributed by atoms with Crippen LogP contribution in [0.15, 0.2) is 23.3 Å². The van der Waals surface area contributed by atoms with E-state index in [4.69, 9.17) is 10.5 Å². The summed E-state index contributed by atoms with van der Waals surface area (Å²) in [6.45, 7) is 6.28. The molecule has 4 nitrogen and oxygen atoms in total. The van der Waals surface area contributed by atoms with Crippen molar-refractivity contribution in [2.75, 3.05) is 6.61 Å². The first-order chi connectivity index (χ1) is 7.00. The van der Waals surface area contributed by atoms with Crippen LogP contribution in [0.5, 0.6) is 5.75 Å². The van der Waals surface area contributed by atoms with Crippen LogP contribution in [0.3, 0.4) is 0 Å². The number of nitrogens with zero attached hydrogens (tertiary/aromatic N) is 1. The van der Waals surface area contributed by atoms with E-state index in [-0.39, 0.29) is 11.5 Å². The Morgan fingerprint density at radius 1 is 1.47 bits per heavy atom. The summed E-state index contributed by atoms with van der Waals surface area (Å²) in [5.41, 5.74) is 5.45. The van der Waals surface area contributed by atoms with Crippen molar-refractivity contribution < 1.29 is 4.74 Å². The van der Waals surface area contributed by atoms with Crippen molar-refractivity contribution in [2.45, 2.75) is 32.9 Å². The third kappa shape index (κ3) is 3.40. The van der Waals surface area contributed by atoms with E-state index in [2.05, 4.69) is 0 Å². The van der Waals surface area contributed by atoms with E-state index in [9.17, 15) is 4.79 Å². The second kappa shape index (κ2) is 4.98. The fourth-order valence-electron chi connectivity index (χ4n) is 1.13. The highest BCUT2D eigenvalue weighted by Crippen LogP contribution is 2.08. The van der Waals surface area contributed by atoms with Gasteiger partial charge in [-0.15, -0.1) is 0 Å². The van der Waals surface area contributed by atoms with Gasteiger partial charge in [0.25, 0.3) is 0 Å². The molecule has 84 valence electrons. The number of rotatable bonds is 4. The van der Waals surface area contributed by atoms with E-state index in [0.717, 1.165) is 0 Å². The van der Waals surface area contributed by atoms with Crippen LogP contribution in [-0.2, 0) is 0 Å². The highest BCUT2D eigenvalue weighted by molar-refractivity contribution is 5.17. The fourth-order valence-corrected chi connectivity index (χ4v) is 1.13. The zero-order valence-electron chi connectivity index (χ0n) is 9.43. The molecule has 0 bridgehead atoms. The SMILES string of the molecule is CC(N)COc1cn(C(C)C)ccc1=O. The average Bonchev–Trinajstić information content (AvgIpc) is 2.16. The molecule has 0 saturated carbocycles. The highest BCUT2D eigenvalue weighted by atomic mass is 16.5. The lowest BCUT2D eigenvalue weighted by Crippen LogP contribution is -2.25. The molecular weight excluding hydrogens is 192 g/mol. The van der Waals surface area contributed by atoms with Crippen LogP contribution >= 0.6 is 0 Å². The fraction of sp³-hybridized carbons (Fsp3) is 0.545. The van der Waals surface area contributed by atoms with Gasteiger partial charge in [0.15, 0.2) is 5.75 Å². The minimum atomic E-state index is -0.104. The summed E-state index contributed by atoms with van der Waals surface area (Å²) in [6, 6.07) is 1.75. The van der Waals surface area contributed by atoms with Crippen molar-refractivity contribution >= 4 is 0 Å². The van der Waals surface area contributed by atoms with E-state index in [0.29, 0.717) is 18.4 Å². The molecule has 0 aliphatic rings. The molecule has 2 N–H and O–H groups in total. The standard InChI is InChI=1S/C11H18N2O2/c1-8(2)13-5-4-10(14)11(6-13)15-7-9(3)12/h4-6,8-9H,7,12H2,1-3H3. The van der Waals surface area contributed by atoms with E-state index < -0.39 is 0 Å². The Hall–Kier alpha value is -1.29. The second-order valence-corrected chi connectivity index (χ2v) is 4.00. The lowest BCUT2D eigenvalue weighted by Gasteiger charge is -2.13. The van der Waals surface area contributed by atoms with Crippen LogP contribution in [0.4, 0.5) is 0 Å². The molecule has 0 saturated heterocycles. The Morgan fingerprint density at radius 3 is 2.67 bits per heavy atom. The number of ether oxygens (including phenoxy) is 1. The van der Waals surface area contributed by atoms with E-state index in [1.54, 1.807) is 12.4 Å². The molecule has 0 amide bonds. The summed E-state index contributed by atoms with van der Waals surface area (Å²) in [5, 5.41) is 0. The third-order valence-electron chi connectivity index (χ3n) is 2.01. The predicted molar refractivity (Wildman–Crippen MR) is 60.2 cm³/mol. The van der Waals surface area contributed by atoms with Gasteiger partial charge in [-0.3, -0.25) is 4.79 Å². The Labute approximate surface area is 89.7 Å². The van der Waals surface area contributed by atoms with Gasteiger partial charge in [-0.25, -0.2) is 0 Å². The van der Waals surface area contributed by atoms with Crippen molar-refractivity contribution in [1.29, 1.82) is 0 Å². The van der Waals surface area contributed by atoms with Gasteiger partial charge < -0.3 is 15.0 Å². The maximum Gasteiger partial charge on any atom is 0.223 e. The summed E-state index contributed by atoms with van der Waals surface area (Å²) in [5.74, 6) is 0.364. The van der Waals surface area contributed by atoms with Crippen LogP contribution < -0.4 is 15.9 Å². The molecule has 0 aliphatic heterocycles. The molecule has 0 fully saturated rings.